The van der Waals surface area contributed by atoms with Gasteiger partial charge in [-0.1, -0.05) is 26.0 Å². The summed E-state index contributed by atoms with van der Waals surface area (Å²) >= 11 is 0. The highest BCUT2D eigenvalue weighted by Gasteiger charge is 2.18. The Bertz CT molecular complexity index is 652. The fourth-order valence-corrected chi connectivity index (χ4v) is 2.17. The topological polar surface area (TPSA) is 74.1 Å². The monoisotopic (exact) mass is 291 g/mol. The third kappa shape index (κ3) is 3.28. The van der Waals surface area contributed by atoms with E-state index in [-0.39, 0.29) is 18.2 Å². The van der Waals surface area contributed by atoms with E-state index in [0.29, 0.717) is 5.92 Å². The Morgan fingerprint density at radius 2 is 2.10 bits per heavy atom. The number of nitro groups is 1. The van der Waals surface area contributed by atoms with E-state index < -0.39 is 16.4 Å². The molecule has 5 nitrogen and oxygen atoms in total. The summed E-state index contributed by atoms with van der Waals surface area (Å²) in [5.74, 6) is -0.485. The normalized spacial score (nSPS) is 12.6. The smallest absolute Gasteiger partial charge is 0.305 e. The molecular weight excluding hydrogens is 273 g/mol. The van der Waals surface area contributed by atoms with E-state index in [1.54, 1.807) is 16.8 Å². The molecule has 2 N–H and O–H groups in total. The Labute approximate surface area is 122 Å². The molecule has 0 radical (unpaired) electrons. The van der Waals surface area contributed by atoms with Crippen molar-refractivity contribution in [1.82, 2.24) is 4.57 Å². The largest absolute Gasteiger partial charge is 0.349 e. The Balaban J connectivity index is 2.23. The van der Waals surface area contributed by atoms with Crippen molar-refractivity contribution in [3.63, 3.8) is 0 Å². The summed E-state index contributed by atoms with van der Waals surface area (Å²) in [6.45, 7) is 4.29. The SMILES string of the molecule is CC(C)C(N)c1ccn(Cc2cccc([N+](=O)[O-])c2F)c1. The number of benzene rings is 1. The molecule has 0 aliphatic carbocycles. The van der Waals surface area contributed by atoms with E-state index in [0.717, 1.165) is 11.6 Å². The second kappa shape index (κ2) is 6.05. The summed E-state index contributed by atoms with van der Waals surface area (Å²) in [7, 11) is 0. The van der Waals surface area contributed by atoms with Gasteiger partial charge in [0.15, 0.2) is 0 Å². The van der Waals surface area contributed by atoms with Gasteiger partial charge in [-0.25, -0.2) is 0 Å². The first-order valence-electron chi connectivity index (χ1n) is 6.73. The van der Waals surface area contributed by atoms with Crippen molar-refractivity contribution in [1.29, 1.82) is 0 Å². The Morgan fingerprint density at radius 3 is 2.71 bits per heavy atom. The van der Waals surface area contributed by atoms with E-state index in [2.05, 4.69) is 0 Å². The van der Waals surface area contributed by atoms with Crippen LogP contribution >= 0.6 is 0 Å². The number of aromatic nitrogens is 1. The van der Waals surface area contributed by atoms with Gasteiger partial charge in [0.1, 0.15) is 0 Å². The van der Waals surface area contributed by atoms with Crippen LogP contribution in [0.3, 0.4) is 0 Å². The van der Waals surface area contributed by atoms with E-state index in [1.165, 1.54) is 6.07 Å². The van der Waals surface area contributed by atoms with Crippen molar-refractivity contribution >= 4 is 5.69 Å². The zero-order valence-corrected chi connectivity index (χ0v) is 12.0. The van der Waals surface area contributed by atoms with Crippen LogP contribution in [0.4, 0.5) is 10.1 Å². The number of rotatable bonds is 5. The van der Waals surface area contributed by atoms with E-state index in [4.69, 9.17) is 5.73 Å². The van der Waals surface area contributed by atoms with Gasteiger partial charge in [0.2, 0.25) is 5.82 Å². The quantitative estimate of drug-likeness (QED) is 0.679. The van der Waals surface area contributed by atoms with Crippen LogP contribution in [-0.2, 0) is 6.54 Å². The molecule has 0 amide bonds. The summed E-state index contributed by atoms with van der Waals surface area (Å²) in [4.78, 5) is 10.0. The van der Waals surface area contributed by atoms with Crippen molar-refractivity contribution in [3.05, 3.63) is 63.7 Å². The van der Waals surface area contributed by atoms with Crippen LogP contribution in [0.15, 0.2) is 36.7 Å². The zero-order chi connectivity index (χ0) is 15.6. The molecule has 0 saturated carbocycles. The van der Waals surface area contributed by atoms with Crippen molar-refractivity contribution in [3.8, 4) is 0 Å². The lowest BCUT2D eigenvalue weighted by atomic mass is 10.00. The first-order chi connectivity index (χ1) is 9.90. The number of hydrogen-bond acceptors (Lipinski definition) is 3. The van der Waals surface area contributed by atoms with E-state index >= 15 is 0 Å². The van der Waals surface area contributed by atoms with Gasteiger partial charge in [-0.2, -0.15) is 4.39 Å². The molecule has 6 heteroatoms. The highest BCUT2D eigenvalue weighted by Crippen LogP contribution is 2.23. The molecule has 0 saturated heterocycles. The predicted octanol–water partition coefficient (Wildman–Crippen LogP) is 3.24. The number of nitro benzene ring substituents is 1. The van der Waals surface area contributed by atoms with Gasteiger partial charge in [-0.3, -0.25) is 10.1 Å². The van der Waals surface area contributed by atoms with Crippen LogP contribution in [0.25, 0.3) is 0 Å². The second-order valence-electron chi connectivity index (χ2n) is 5.39. The molecule has 0 bridgehead atoms. The maximum atomic E-state index is 14.0. The summed E-state index contributed by atoms with van der Waals surface area (Å²) < 4.78 is 15.8. The number of nitrogens with zero attached hydrogens (tertiary/aromatic N) is 2. The maximum absolute atomic E-state index is 14.0. The molecule has 0 fully saturated rings. The fourth-order valence-electron chi connectivity index (χ4n) is 2.17. The highest BCUT2D eigenvalue weighted by molar-refractivity contribution is 5.37. The van der Waals surface area contributed by atoms with Gasteiger partial charge >= 0.3 is 5.69 Å². The van der Waals surface area contributed by atoms with Crippen LogP contribution < -0.4 is 5.73 Å². The molecule has 21 heavy (non-hydrogen) atoms. The lowest BCUT2D eigenvalue weighted by Crippen LogP contribution is -2.16. The van der Waals surface area contributed by atoms with Gasteiger partial charge < -0.3 is 10.3 Å². The van der Waals surface area contributed by atoms with Crippen molar-refractivity contribution in [2.24, 2.45) is 11.7 Å². The highest BCUT2D eigenvalue weighted by atomic mass is 19.1. The number of nitrogens with two attached hydrogens (primary N) is 1. The third-order valence-corrected chi connectivity index (χ3v) is 3.48. The number of hydrogen-bond donors (Lipinski definition) is 1. The molecular formula is C15H18FN3O2. The van der Waals surface area contributed by atoms with Gasteiger partial charge in [0.05, 0.1) is 11.5 Å². The fraction of sp³-hybridized carbons (Fsp3) is 0.333. The molecule has 1 aromatic heterocycles. The zero-order valence-electron chi connectivity index (χ0n) is 12.0. The molecule has 2 rings (SSSR count). The average Bonchev–Trinajstić information content (AvgIpc) is 2.88. The second-order valence-corrected chi connectivity index (χ2v) is 5.39. The molecule has 1 aromatic carbocycles. The van der Waals surface area contributed by atoms with E-state index in [1.807, 2.05) is 26.1 Å². The molecule has 112 valence electrons. The summed E-state index contributed by atoms with van der Waals surface area (Å²) in [6.07, 6.45) is 3.65. The van der Waals surface area contributed by atoms with Gasteiger partial charge in [-0.05, 0) is 17.5 Å². The summed E-state index contributed by atoms with van der Waals surface area (Å²) in [5, 5.41) is 10.7. The molecule has 0 aliphatic heterocycles. The van der Waals surface area contributed by atoms with Crippen molar-refractivity contribution < 1.29 is 9.31 Å². The van der Waals surface area contributed by atoms with E-state index in [9.17, 15) is 14.5 Å². The predicted molar refractivity (Wildman–Crippen MR) is 78.4 cm³/mol. The Morgan fingerprint density at radius 1 is 1.38 bits per heavy atom. The number of halogens is 1. The van der Waals surface area contributed by atoms with Gasteiger partial charge in [0.25, 0.3) is 0 Å². The lowest BCUT2D eigenvalue weighted by Gasteiger charge is -2.13. The van der Waals surface area contributed by atoms with Crippen LogP contribution in [0.5, 0.6) is 0 Å². The summed E-state index contributed by atoms with van der Waals surface area (Å²) in [6, 6.07) is 6.00. The minimum atomic E-state index is -0.786. The van der Waals surface area contributed by atoms with Crippen LogP contribution in [0.1, 0.15) is 31.0 Å². The minimum Gasteiger partial charge on any atom is -0.349 e. The third-order valence-electron chi connectivity index (χ3n) is 3.48. The molecule has 2 aromatic rings. The Kier molecular flexibility index (Phi) is 4.37. The summed E-state index contributed by atoms with van der Waals surface area (Å²) in [5.41, 5.74) is 6.81. The first-order valence-corrected chi connectivity index (χ1v) is 6.73. The molecule has 1 atom stereocenters. The standard InChI is InChI=1S/C15H18FN3O2/c1-10(2)15(17)12-6-7-18(9-12)8-11-4-3-5-13(14(11)16)19(20)21/h3-7,9-10,15H,8,17H2,1-2H3. The van der Waals surface area contributed by atoms with Gasteiger partial charge in [-0.15, -0.1) is 0 Å². The lowest BCUT2D eigenvalue weighted by molar-refractivity contribution is -0.387. The van der Waals surface area contributed by atoms with Gasteiger partial charge in [0, 0.05) is 30.1 Å². The van der Waals surface area contributed by atoms with Crippen molar-refractivity contribution in [2.75, 3.05) is 0 Å². The van der Waals surface area contributed by atoms with Crippen LogP contribution in [0.2, 0.25) is 0 Å². The molecule has 0 spiro atoms. The minimum absolute atomic E-state index is 0.0822. The average molecular weight is 291 g/mol. The van der Waals surface area contributed by atoms with Crippen LogP contribution in [-0.4, -0.2) is 9.49 Å². The Hall–Kier alpha value is -2.21. The molecule has 1 heterocycles. The van der Waals surface area contributed by atoms with Crippen LogP contribution in [0, 0.1) is 21.8 Å². The maximum Gasteiger partial charge on any atom is 0.305 e. The molecule has 1 unspecified atom stereocenters. The molecule has 0 aliphatic rings. The van der Waals surface area contributed by atoms with Crippen molar-refractivity contribution in [2.45, 2.75) is 26.4 Å². The first kappa shape index (κ1) is 15.2.